The fraction of sp³-hybridized carbons (Fsp3) is 0.400. The fourth-order valence-electron chi connectivity index (χ4n) is 2.59. The molecule has 9 heteroatoms. The fourth-order valence-corrected chi connectivity index (χ4v) is 3.96. The van der Waals surface area contributed by atoms with Gasteiger partial charge in [-0.2, -0.15) is 5.10 Å². The van der Waals surface area contributed by atoms with Crippen molar-refractivity contribution < 1.29 is 17.9 Å². The lowest BCUT2D eigenvalue weighted by atomic mass is 10.2. The van der Waals surface area contributed by atoms with Crippen molar-refractivity contribution in [2.75, 3.05) is 20.3 Å². The van der Waals surface area contributed by atoms with Gasteiger partial charge in [0.1, 0.15) is 5.75 Å². The van der Waals surface area contributed by atoms with Crippen LogP contribution in [-0.4, -0.2) is 38.5 Å². The Kier molecular flexibility index (Phi) is 5.09. The second kappa shape index (κ2) is 7.10. The molecule has 2 aromatic rings. The van der Waals surface area contributed by atoms with Crippen LogP contribution in [0.2, 0.25) is 5.02 Å². The molecular weight excluding hydrogens is 354 g/mol. The summed E-state index contributed by atoms with van der Waals surface area (Å²) in [5.74, 6) is 0.431. The number of ether oxygens (including phenoxy) is 2. The third-order valence-electron chi connectivity index (χ3n) is 3.83. The summed E-state index contributed by atoms with van der Waals surface area (Å²) < 4.78 is 39.5. The third kappa shape index (κ3) is 3.56. The summed E-state index contributed by atoms with van der Waals surface area (Å²) in [7, 11) is -2.16. The summed E-state index contributed by atoms with van der Waals surface area (Å²) in [5.41, 5.74) is 2.17. The molecule has 1 aliphatic rings. The van der Waals surface area contributed by atoms with Gasteiger partial charge in [-0.3, -0.25) is 4.68 Å². The summed E-state index contributed by atoms with van der Waals surface area (Å²) in [6.07, 6.45) is 2.56. The Morgan fingerprint density at radius 1 is 1.46 bits per heavy atom. The number of rotatable bonds is 6. The largest absolute Gasteiger partial charge is 0.495 e. The lowest BCUT2D eigenvalue weighted by Crippen LogP contribution is -2.28. The first-order chi connectivity index (χ1) is 11.5. The Hall–Kier alpha value is -1.61. The molecular formula is C15H18ClN3O4S. The van der Waals surface area contributed by atoms with Crippen LogP contribution >= 0.6 is 11.6 Å². The molecule has 24 heavy (non-hydrogen) atoms. The van der Waals surface area contributed by atoms with E-state index < -0.39 is 10.0 Å². The van der Waals surface area contributed by atoms with E-state index in [2.05, 4.69) is 9.82 Å². The van der Waals surface area contributed by atoms with Gasteiger partial charge < -0.3 is 9.47 Å². The molecule has 130 valence electrons. The molecule has 0 spiro atoms. The number of hydrogen-bond donors (Lipinski definition) is 1. The molecule has 3 rings (SSSR count). The van der Waals surface area contributed by atoms with Gasteiger partial charge >= 0.3 is 0 Å². The Bertz CT molecular complexity index is 835. The highest BCUT2D eigenvalue weighted by Gasteiger charge is 2.18. The predicted molar refractivity (Wildman–Crippen MR) is 88.8 cm³/mol. The van der Waals surface area contributed by atoms with Crippen LogP contribution in [0.4, 0.5) is 0 Å². The highest BCUT2D eigenvalue weighted by Crippen LogP contribution is 2.26. The van der Waals surface area contributed by atoms with Gasteiger partial charge in [0.25, 0.3) is 0 Å². The smallest absolute Gasteiger partial charge is 0.240 e. The van der Waals surface area contributed by atoms with Crippen molar-refractivity contribution >= 4 is 21.6 Å². The lowest BCUT2D eigenvalue weighted by molar-refractivity contribution is 0.109. The number of nitrogens with zero attached hydrogens (tertiary/aromatic N) is 2. The van der Waals surface area contributed by atoms with Crippen LogP contribution in [0.15, 0.2) is 29.3 Å². The summed E-state index contributed by atoms with van der Waals surface area (Å²) >= 11 is 5.99. The summed E-state index contributed by atoms with van der Waals surface area (Å²) in [4.78, 5) is 0.101. The maximum absolute atomic E-state index is 12.3. The topological polar surface area (TPSA) is 82.5 Å². The monoisotopic (exact) mass is 371 g/mol. The van der Waals surface area contributed by atoms with Crippen molar-refractivity contribution in [1.82, 2.24) is 14.5 Å². The van der Waals surface area contributed by atoms with Crippen LogP contribution in [0.25, 0.3) is 0 Å². The van der Waals surface area contributed by atoms with Gasteiger partial charge in [-0.25, -0.2) is 13.1 Å². The van der Waals surface area contributed by atoms with Crippen LogP contribution in [0, 0.1) is 0 Å². The quantitative estimate of drug-likeness (QED) is 0.833. The first kappa shape index (κ1) is 17.2. The molecule has 1 aliphatic heterocycles. The summed E-state index contributed by atoms with van der Waals surface area (Å²) in [6.45, 7) is 1.92. The number of hydrogen-bond acceptors (Lipinski definition) is 5. The van der Waals surface area contributed by atoms with Crippen LogP contribution in [0.1, 0.15) is 11.3 Å². The van der Waals surface area contributed by atoms with E-state index in [4.69, 9.17) is 21.1 Å². The molecule has 0 bridgehead atoms. The average molecular weight is 372 g/mol. The highest BCUT2D eigenvalue weighted by molar-refractivity contribution is 7.89. The van der Waals surface area contributed by atoms with Gasteiger partial charge in [-0.1, -0.05) is 11.6 Å². The first-order valence-corrected chi connectivity index (χ1v) is 9.32. The maximum Gasteiger partial charge on any atom is 0.240 e. The van der Waals surface area contributed by atoms with E-state index in [-0.39, 0.29) is 16.5 Å². The number of halogens is 1. The Morgan fingerprint density at radius 2 is 2.29 bits per heavy atom. The third-order valence-corrected chi connectivity index (χ3v) is 5.58. The lowest BCUT2D eigenvalue weighted by Gasteiger charge is -2.15. The molecule has 0 unspecified atom stereocenters. The minimum Gasteiger partial charge on any atom is -0.495 e. The van der Waals surface area contributed by atoms with Crippen molar-refractivity contribution in [3.8, 4) is 5.75 Å². The van der Waals surface area contributed by atoms with Gasteiger partial charge in [0.15, 0.2) is 0 Å². The molecule has 0 amide bonds. The van der Waals surface area contributed by atoms with E-state index in [0.29, 0.717) is 25.5 Å². The van der Waals surface area contributed by atoms with E-state index in [1.54, 1.807) is 6.20 Å². The molecule has 1 N–H and O–H groups in total. The average Bonchev–Trinajstić information content (AvgIpc) is 2.98. The van der Waals surface area contributed by atoms with E-state index >= 15 is 0 Å². The molecule has 1 aromatic heterocycles. The Morgan fingerprint density at radius 3 is 3.04 bits per heavy atom. The predicted octanol–water partition coefficient (Wildman–Crippen LogP) is 1.60. The highest BCUT2D eigenvalue weighted by atomic mass is 35.5. The minimum atomic E-state index is -3.64. The molecule has 0 atom stereocenters. The molecule has 2 heterocycles. The van der Waals surface area contributed by atoms with E-state index in [9.17, 15) is 8.42 Å². The second-order valence-corrected chi connectivity index (χ2v) is 7.51. The molecule has 0 saturated carbocycles. The SMILES string of the molecule is COc1ccc(S(=O)(=O)NCCn2ncc3c2CCOC3)cc1Cl. The normalized spacial score (nSPS) is 14.4. The van der Waals surface area contributed by atoms with Crippen molar-refractivity contribution in [1.29, 1.82) is 0 Å². The first-order valence-electron chi connectivity index (χ1n) is 7.46. The maximum atomic E-state index is 12.3. The molecule has 0 aliphatic carbocycles. The molecule has 7 nitrogen and oxygen atoms in total. The number of fused-ring (bicyclic) bond motifs is 1. The molecule has 1 aromatic carbocycles. The standard InChI is InChI=1S/C15H18ClN3O4S/c1-22-15-3-2-12(8-13(15)16)24(20,21)18-5-6-19-14-4-7-23-10-11(14)9-17-19/h2-3,8-9,18H,4-7,10H2,1H3. The zero-order valence-corrected chi connectivity index (χ0v) is 14.7. The summed E-state index contributed by atoms with van der Waals surface area (Å²) in [6, 6.07) is 4.36. The van der Waals surface area contributed by atoms with Gasteiger partial charge in [-0.15, -0.1) is 0 Å². The van der Waals surface area contributed by atoms with Crippen molar-refractivity contribution in [2.24, 2.45) is 0 Å². The van der Waals surface area contributed by atoms with Gasteiger partial charge in [0.05, 0.1) is 43.0 Å². The van der Waals surface area contributed by atoms with E-state index in [1.807, 2.05) is 4.68 Å². The second-order valence-electron chi connectivity index (χ2n) is 5.34. The van der Waals surface area contributed by atoms with Crippen LogP contribution in [0.5, 0.6) is 5.75 Å². The number of sulfonamides is 1. The van der Waals surface area contributed by atoms with Gasteiger partial charge in [0, 0.05) is 24.2 Å². The number of nitrogens with one attached hydrogen (secondary N) is 1. The molecule has 0 saturated heterocycles. The van der Waals surface area contributed by atoms with Crippen LogP contribution in [-0.2, 0) is 34.3 Å². The van der Waals surface area contributed by atoms with E-state index in [0.717, 1.165) is 17.7 Å². The molecule has 0 fully saturated rings. The van der Waals surface area contributed by atoms with Crippen molar-refractivity contribution in [2.45, 2.75) is 24.5 Å². The van der Waals surface area contributed by atoms with Gasteiger partial charge in [-0.05, 0) is 18.2 Å². The number of benzene rings is 1. The summed E-state index contributed by atoms with van der Waals surface area (Å²) in [5, 5.41) is 4.54. The number of methoxy groups -OCH3 is 1. The zero-order valence-electron chi connectivity index (χ0n) is 13.2. The van der Waals surface area contributed by atoms with Gasteiger partial charge in [0.2, 0.25) is 10.0 Å². The number of aromatic nitrogens is 2. The van der Waals surface area contributed by atoms with Crippen LogP contribution in [0.3, 0.4) is 0 Å². The van der Waals surface area contributed by atoms with E-state index in [1.165, 1.54) is 25.3 Å². The Balaban J connectivity index is 1.65. The van der Waals surface area contributed by atoms with Crippen molar-refractivity contribution in [3.63, 3.8) is 0 Å². The molecule has 0 radical (unpaired) electrons. The van der Waals surface area contributed by atoms with Crippen LogP contribution < -0.4 is 9.46 Å². The minimum absolute atomic E-state index is 0.101. The Labute approximate surface area is 145 Å². The zero-order chi connectivity index (χ0) is 17.2. The van der Waals surface area contributed by atoms with Crippen molar-refractivity contribution in [3.05, 3.63) is 40.7 Å².